The molecule has 1 aromatic heterocycles. The smallest absolute Gasteiger partial charge is 0.269 e. The van der Waals surface area contributed by atoms with Crippen LogP contribution in [0.25, 0.3) is 0 Å². The van der Waals surface area contributed by atoms with E-state index in [4.69, 9.17) is 17.3 Å². The Bertz CT molecular complexity index is 684. The van der Waals surface area contributed by atoms with E-state index in [0.29, 0.717) is 22.1 Å². The number of hydrogen-bond acceptors (Lipinski definition) is 4. The van der Waals surface area contributed by atoms with Crippen molar-refractivity contribution in [1.82, 2.24) is 0 Å². The van der Waals surface area contributed by atoms with E-state index < -0.39 is 0 Å². The maximum atomic E-state index is 12.7. The maximum Gasteiger partial charge on any atom is 0.269 e. The summed E-state index contributed by atoms with van der Waals surface area (Å²) in [5.74, 6) is 0.838. The van der Waals surface area contributed by atoms with Crippen molar-refractivity contribution in [2.75, 3.05) is 22.9 Å². The first-order chi connectivity index (χ1) is 9.58. The van der Waals surface area contributed by atoms with E-state index in [-0.39, 0.29) is 5.91 Å². The SMILES string of the molecule is Cc1csc(C(=O)N2CCSc3ccc(N)cc32)c1Cl. The van der Waals surface area contributed by atoms with E-state index in [1.807, 2.05) is 30.5 Å². The lowest BCUT2D eigenvalue weighted by molar-refractivity contribution is 0.0991. The zero-order valence-electron chi connectivity index (χ0n) is 10.9. The summed E-state index contributed by atoms with van der Waals surface area (Å²) in [7, 11) is 0. The molecule has 6 heteroatoms. The van der Waals surface area contributed by atoms with Crippen LogP contribution in [-0.2, 0) is 0 Å². The van der Waals surface area contributed by atoms with Gasteiger partial charge in [0, 0.05) is 22.9 Å². The lowest BCUT2D eigenvalue weighted by Crippen LogP contribution is -2.35. The molecule has 1 aliphatic rings. The van der Waals surface area contributed by atoms with Gasteiger partial charge in [0.15, 0.2) is 0 Å². The molecule has 104 valence electrons. The minimum Gasteiger partial charge on any atom is -0.399 e. The fourth-order valence-electron chi connectivity index (χ4n) is 2.14. The van der Waals surface area contributed by atoms with Crippen molar-refractivity contribution in [1.29, 1.82) is 0 Å². The van der Waals surface area contributed by atoms with Crippen LogP contribution in [0.5, 0.6) is 0 Å². The highest BCUT2D eigenvalue weighted by Gasteiger charge is 2.27. The second kappa shape index (κ2) is 5.31. The third-order valence-electron chi connectivity index (χ3n) is 3.18. The molecule has 20 heavy (non-hydrogen) atoms. The largest absolute Gasteiger partial charge is 0.399 e. The molecule has 2 N–H and O–H groups in total. The molecule has 1 amide bonds. The number of nitrogens with two attached hydrogens (primary N) is 1. The number of halogens is 1. The first kappa shape index (κ1) is 13.8. The molecule has 0 atom stereocenters. The highest BCUT2D eigenvalue weighted by molar-refractivity contribution is 7.99. The summed E-state index contributed by atoms with van der Waals surface area (Å²) in [6.07, 6.45) is 0. The number of thiophene rings is 1. The fraction of sp³-hybridized carbons (Fsp3) is 0.214. The highest BCUT2D eigenvalue weighted by Crippen LogP contribution is 2.38. The maximum absolute atomic E-state index is 12.7. The molecule has 3 nitrogen and oxygen atoms in total. The van der Waals surface area contributed by atoms with Gasteiger partial charge < -0.3 is 10.6 Å². The Kier molecular flexibility index (Phi) is 3.67. The minimum atomic E-state index is -0.0414. The van der Waals surface area contributed by atoms with Gasteiger partial charge in [0.25, 0.3) is 5.91 Å². The summed E-state index contributed by atoms with van der Waals surface area (Å²) < 4.78 is 0. The summed E-state index contributed by atoms with van der Waals surface area (Å²) >= 11 is 9.35. The minimum absolute atomic E-state index is 0.0414. The molecule has 1 aliphatic heterocycles. The van der Waals surface area contributed by atoms with Crippen LogP contribution in [0.4, 0.5) is 11.4 Å². The van der Waals surface area contributed by atoms with E-state index in [1.54, 1.807) is 16.7 Å². The molecule has 3 rings (SSSR count). The molecule has 0 radical (unpaired) electrons. The van der Waals surface area contributed by atoms with E-state index in [0.717, 1.165) is 21.9 Å². The number of anilines is 2. The average Bonchev–Trinajstić information content (AvgIpc) is 2.77. The van der Waals surface area contributed by atoms with Gasteiger partial charge in [0.05, 0.1) is 10.7 Å². The van der Waals surface area contributed by atoms with E-state index >= 15 is 0 Å². The Morgan fingerprint density at radius 3 is 2.95 bits per heavy atom. The van der Waals surface area contributed by atoms with Crippen LogP contribution in [0.1, 0.15) is 15.2 Å². The second-order valence-corrected chi connectivity index (χ2v) is 6.99. The van der Waals surface area contributed by atoms with Crippen LogP contribution in [0.15, 0.2) is 28.5 Å². The van der Waals surface area contributed by atoms with Gasteiger partial charge in [-0.1, -0.05) is 11.6 Å². The molecule has 1 aromatic carbocycles. The normalized spacial score (nSPS) is 14.2. The molecule has 0 aliphatic carbocycles. The number of benzene rings is 1. The third-order valence-corrected chi connectivity index (χ3v) is 5.91. The number of hydrogen-bond donors (Lipinski definition) is 1. The molecule has 0 fully saturated rings. The van der Waals surface area contributed by atoms with Gasteiger partial charge >= 0.3 is 0 Å². The van der Waals surface area contributed by atoms with Crippen LogP contribution >= 0.6 is 34.7 Å². The number of aryl methyl sites for hydroxylation is 1. The van der Waals surface area contributed by atoms with Gasteiger partial charge in [0.1, 0.15) is 4.88 Å². The summed E-state index contributed by atoms with van der Waals surface area (Å²) in [5, 5.41) is 2.47. The predicted molar refractivity (Wildman–Crippen MR) is 87.3 cm³/mol. The predicted octanol–water partition coefficient (Wildman–Crippen LogP) is 4.04. The lowest BCUT2D eigenvalue weighted by atomic mass is 10.2. The zero-order valence-corrected chi connectivity index (χ0v) is 13.2. The van der Waals surface area contributed by atoms with Gasteiger partial charge in [-0.25, -0.2) is 0 Å². The van der Waals surface area contributed by atoms with Crippen LogP contribution in [0, 0.1) is 6.92 Å². The topological polar surface area (TPSA) is 46.3 Å². The molecular formula is C14H13ClN2OS2. The molecule has 0 bridgehead atoms. The lowest BCUT2D eigenvalue weighted by Gasteiger charge is -2.29. The monoisotopic (exact) mass is 324 g/mol. The first-order valence-electron chi connectivity index (χ1n) is 6.15. The number of rotatable bonds is 1. The Hall–Kier alpha value is -1.17. The van der Waals surface area contributed by atoms with Crippen molar-refractivity contribution in [3.63, 3.8) is 0 Å². The van der Waals surface area contributed by atoms with Crippen molar-refractivity contribution in [2.45, 2.75) is 11.8 Å². The summed E-state index contributed by atoms with van der Waals surface area (Å²) in [6, 6.07) is 5.69. The van der Waals surface area contributed by atoms with Gasteiger partial charge in [-0.3, -0.25) is 4.79 Å². The van der Waals surface area contributed by atoms with Gasteiger partial charge in [-0.05, 0) is 36.1 Å². The first-order valence-corrected chi connectivity index (χ1v) is 8.40. The van der Waals surface area contributed by atoms with Gasteiger partial charge in [-0.2, -0.15) is 0 Å². The van der Waals surface area contributed by atoms with Crippen molar-refractivity contribution in [2.24, 2.45) is 0 Å². The zero-order chi connectivity index (χ0) is 14.3. The van der Waals surface area contributed by atoms with Crippen molar-refractivity contribution in [3.05, 3.63) is 39.0 Å². The quantitative estimate of drug-likeness (QED) is 0.805. The summed E-state index contributed by atoms with van der Waals surface area (Å²) in [4.78, 5) is 16.2. The number of amides is 1. The van der Waals surface area contributed by atoms with Crippen molar-refractivity contribution in [3.8, 4) is 0 Å². The Labute approximate surface area is 130 Å². The van der Waals surface area contributed by atoms with Crippen LogP contribution in [0.2, 0.25) is 5.02 Å². The molecule has 2 aromatic rings. The highest BCUT2D eigenvalue weighted by atomic mass is 35.5. The van der Waals surface area contributed by atoms with E-state index in [9.17, 15) is 4.79 Å². The Morgan fingerprint density at radius 1 is 1.45 bits per heavy atom. The Balaban J connectivity index is 2.02. The van der Waals surface area contributed by atoms with Crippen molar-refractivity contribution < 1.29 is 4.79 Å². The van der Waals surface area contributed by atoms with Crippen molar-refractivity contribution >= 4 is 52.0 Å². The standard InChI is InChI=1S/C14H13ClN2OS2/c1-8-7-20-13(12(8)15)14(18)17-4-5-19-11-3-2-9(16)6-10(11)17/h2-3,6-7H,4-5,16H2,1H3. The van der Waals surface area contributed by atoms with Crippen LogP contribution in [-0.4, -0.2) is 18.2 Å². The van der Waals surface area contributed by atoms with Crippen LogP contribution in [0.3, 0.4) is 0 Å². The molecule has 0 spiro atoms. The Morgan fingerprint density at radius 2 is 2.25 bits per heavy atom. The molecule has 0 saturated heterocycles. The number of carbonyl (C=O) groups excluding carboxylic acids is 1. The number of thioether (sulfide) groups is 1. The average molecular weight is 325 g/mol. The molecule has 2 heterocycles. The molecule has 0 unspecified atom stereocenters. The van der Waals surface area contributed by atoms with E-state index in [1.165, 1.54) is 11.3 Å². The second-order valence-electron chi connectivity index (χ2n) is 4.59. The number of nitrogen functional groups attached to an aromatic ring is 1. The van der Waals surface area contributed by atoms with Gasteiger partial charge in [-0.15, -0.1) is 23.1 Å². The summed E-state index contributed by atoms with van der Waals surface area (Å²) in [6.45, 7) is 2.58. The van der Waals surface area contributed by atoms with E-state index in [2.05, 4.69) is 0 Å². The fourth-order valence-corrected chi connectivity index (χ4v) is 4.34. The molecule has 0 saturated carbocycles. The van der Waals surface area contributed by atoms with Crippen LogP contribution < -0.4 is 10.6 Å². The van der Waals surface area contributed by atoms with Gasteiger partial charge in [0.2, 0.25) is 0 Å². The number of carbonyl (C=O) groups is 1. The number of nitrogens with zero attached hydrogens (tertiary/aromatic N) is 1. The summed E-state index contributed by atoms with van der Waals surface area (Å²) in [5.41, 5.74) is 8.34. The molecular weight excluding hydrogens is 312 g/mol. The third kappa shape index (κ3) is 2.30. The number of fused-ring (bicyclic) bond motifs is 1.